The maximum Gasteiger partial charge on any atom is 0.160 e. The fourth-order valence-electron chi connectivity index (χ4n) is 1.74. The van der Waals surface area contributed by atoms with Gasteiger partial charge in [-0.2, -0.15) is 0 Å². The lowest BCUT2D eigenvalue weighted by Crippen LogP contribution is -2.01. The molecule has 0 nitrogen and oxygen atoms in total. The second-order valence-corrected chi connectivity index (χ2v) is 4.98. The zero-order chi connectivity index (χ0) is 14.0. The molecule has 0 aliphatic carbocycles. The summed E-state index contributed by atoms with van der Waals surface area (Å²) in [5, 5.41) is -0.713. The fraction of sp³-hybridized carbons (Fsp3) is 0.143. The Kier molecular flexibility index (Phi) is 4.38. The van der Waals surface area contributed by atoms with E-state index in [1.54, 1.807) is 18.2 Å². The number of halogens is 5. The van der Waals surface area contributed by atoms with Gasteiger partial charge in [-0.3, -0.25) is 0 Å². The molecule has 0 fully saturated rings. The highest BCUT2D eigenvalue weighted by molar-refractivity contribution is 6.32. The van der Waals surface area contributed by atoms with Crippen molar-refractivity contribution in [2.24, 2.45) is 0 Å². The van der Waals surface area contributed by atoms with Crippen LogP contribution in [0.25, 0.3) is 0 Å². The van der Waals surface area contributed by atoms with Crippen LogP contribution >= 0.6 is 23.2 Å². The number of alkyl halides is 1. The Labute approximate surface area is 118 Å². The molecule has 0 aromatic heterocycles. The second-order valence-electron chi connectivity index (χ2n) is 4.05. The normalized spacial score (nSPS) is 12.5. The maximum absolute atomic E-state index is 13.5. The van der Waals surface area contributed by atoms with Gasteiger partial charge in [0.05, 0.1) is 5.38 Å². The molecule has 0 N–H and O–H groups in total. The maximum atomic E-state index is 13.5. The standard InChI is InChI=1S/C14H9Cl2F3/c15-10(5-8-3-1-2-4-12(8)17)9-6-13(18)14(19)7-11(9)16/h1-4,6-7,10H,5H2. The molecule has 5 heteroatoms. The van der Waals surface area contributed by atoms with Crippen LogP contribution in [-0.2, 0) is 6.42 Å². The van der Waals surface area contributed by atoms with Crippen LogP contribution in [0, 0.1) is 17.5 Å². The molecule has 0 saturated heterocycles. The summed E-state index contributed by atoms with van der Waals surface area (Å²) in [6.07, 6.45) is 0.138. The smallest absolute Gasteiger partial charge is 0.160 e. The molecule has 2 aromatic rings. The molecule has 0 spiro atoms. The quantitative estimate of drug-likeness (QED) is 0.534. The summed E-state index contributed by atoms with van der Waals surface area (Å²) in [6.45, 7) is 0. The molecular weight excluding hydrogens is 296 g/mol. The van der Waals surface area contributed by atoms with E-state index in [1.807, 2.05) is 0 Å². The van der Waals surface area contributed by atoms with Crippen molar-refractivity contribution in [2.75, 3.05) is 0 Å². The molecule has 1 atom stereocenters. The van der Waals surface area contributed by atoms with Gasteiger partial charge in [-0.05, 0) is 35.7 Å². The lowest BCUT2D eigenvalue weighted by molar-refractivity contribution is 0.506. The van der Waals surface area contributed by atoms with Crippen molar-refractivity contribution in [1.82, 2.24) is 0 Å². The molecule has 0 heterocycles. The van der Waals surface area contributed by atoms with Gasteiger partial charge in [0.25, 0.3) is 0 Å². The third-order valence-corrected chi connectivity index (χ3v) is 3.45. The molecule has 0 radical (unpaired) electrons. The average Bonchev–Trinajstić information content (AvgIpc) is 2.36. The molecule has 0 aliphatic rings. The van der Waals surface area contributed by atoms with E-state index in [0.717, 1.165) is 12.1 Å². The van der Waals surface area contributed by atoms with Gasteiger partial charge in [0.1, 0.15) is 5.82 Å². The van der Waals surface area contributed by atoms with E-state index in [0.29, 0.717) is 5.56 Å². The highest BCUT2D eigenvalue weighted by Gasteiger charge is 2.17. The van der Waals surface area contributed by atoms with Crippen LogP contribution in [0.5, 0.6) is 0 Å². The predicted octanol–water partition coefficient (Wildman–Crippen LogP) is 5.28. The lowest BCUT2D eigenvalue weighted by Gasteiger charge is -2.13. The highest BCUT2D eigenvalue weighted by atomic mass is 35.5. The molecule has 100 valence electrons. The Morgan fingerprint density at radius 1 is 0.947 bits per heavy atom. The van der Waals surface area contributed by atoms with E-state index >= 15 is 0 Å². The third kappa shape index (κ3) is 3.23. The summed E-state index contributed by atoms with van der Waals surface area (Å²) < 4.78 is 39.6. The van der Waals surface area contributed by atoms with Crippen molar-refractivity contribution in [3.63, 3.8) is 0 Å². The first-order valence-corrected chi connectivity index (χ1v) is 6.32. The van der Waals surface area contributed by atoms with Gasteiger partial charge < -0.3 is 0 Å². The Balaban J connectivity index is 2.28. The van der Waals surface area contributed by atoms with Gasteiger partial charge in [-0.1, -0.05) is 29.8 Å². The monoisotopic (exact) mass is 304 g/mol. The summed E-state index contributed by atoms with van der Waals surface area (Å²) in [6, 6.07) is 7.94. The summed E-state index contributed by atoms with van der Waals surface area (Å²) >= 11 is 11.9. The van der Waals surface area contributed by atoms with Crippen LogP contribution in [0.4, 0.5) is 13.2 Å². The van der Waals surface area contributed by atoms with Crippen LogP contribution in [0.15, 0.2) is 36.4 Å². The minimum absolute atomic E-state index is 0.0234. The first kappa shape index (κ1) is 14.2. The van der Waals surface area contributed by atoms with E-state index in [9.17, 15) is 13.2 Å². The number of hydrogen-bond acceptors (Lipinski definition) is 0. The van der Waals surface area contributed by atoms with Gasteiger partial charge in [-0.25, -0.2) is 13.2 Å². The van der Waals surface area contributed by atoms with Gasteiger partial charge in [0.15, 0.2) is 11.6 Å². The predicted molar refractivity (Wildman–Crippen MR) is 70.1 cm³/mol. The van der Waals surface area contributed by atoms with Crippen molar-refractivity contribution in [3.8, 4) is 0 Å². The Morgan fingerprint density at radius 3 is 2.26 bits per heavy atom. The Morgan fingerprint density at radius 2 is 1.58 bits per heavy atom. The van der Waals surface area contributed by atoms with Crippen LogP contribution in [0.2, 0.25) is 5.02 Å². The Hall–Kier alpha value is -1.19. The summed E-state index contributed by atoms with van der Waals surface area (Å²) in [5.74, 6) is -2.46. The molecule has 2 rings (SSSR count). The van der Waals surface area contributed by atoms with Crippen LogP contribution in [-0.4, -0.2) is 0 Å². The largest absolute Gasteiger partial charge is 0.207 e. The molecule has 0 saturated carbocycles. The molecule has 0 aliphatic heterocycles. The Bertz CT molecular complexity index is 599. The van der Waals surface area contributed by atoms with Gasteiger partial charge in [0.2, 0.25) is 0 Å². The summed E-state index contributed by atoms with van der Waals surface area (Å²) in [5.41, 5.74) is 0.633. The molecule has 19 heavy (non-hydrogen) atoms. The van der Waals surface area contributed by atoms with Crippen molar-refractivity contribution in [3.05, 3.63) is 70.0 Å². The highest BCUT2D eigenvalue weighted by Crippen LogP contribution is 2.32. The minimum Gasteiger partial charge on any atom is -0.207 e. The van der Waals surface area contributed by atoms with Crippen molar-refractivity contribution in [1.29, 1.82) is 0 Å². The van der Waals surface area contributed by atoms with E-state index in [2.05, 4.69) is 0 Å². The number of hydrogen-bond donors (Lipinski definition) is 0. The molecule has 2 aromatic carbocycles. The third-order valence-electron chi connectivity index (χ3n) is 2.73. The van der Waals surface area contributed by atoms with E-state index in [1.165, 1.54) is 6.07 Å². The molecule has 1 unspecified atom stereocenters. The molecular formula is C14H9Cl2F3. The van der Waals surface area contributed by atoms with E-state index in [4.69, 9.17) is 23.2 Å². The van der Waals surface area contributed by atoms with Gasteiger partial charge >= 0.3 is 0 Å². The van der Waals surface area contributed by atoms with Gasteiger partial charge in [0, 0.05) is 5.02 Å². The fourth-order valence-corrected chi connectivity index (χ4v) is 2.43. The summed E-state index contributed by atoms with van der Waals surface area (Å²) in [4.78, 5) is 0. The van der Waals surface area contributed by atoms with Crippen molar-refractivity contribution < 1.29 is 13.2 Å². The summed E-state index contributed by atoms with van der Waals surface area (Å²) in [7, 11) is 0. The van der Waals surface area contributed by atoms with Crippen molar-refractivity contribution in [2.45, 2.75) is 11.8 Å². The second kappa shape index (κ2) is 5.85. The van der Waals surface area contributed by atoms with Crippen molar-refractivity contribution >= 4 is 23.2 Å². The van der Waals surface area contributed by atoms with Gasteiger partial charge in [-0.15, -0.1) is 11.6 Å². The van der Waals surface area contributed by atoms with E-state index < -0.39 is 22.8 Å². The topological polar surface area (TPSA) is 0 Å². The number of benzene rings is 2. The SMILES string of the molecule is Fc1cc(Cl)c(C(Cl)Cc2ccccc2F)cc1F. The van der Waals surface area contributed by atoms with Crippen LogP contribution in [0.3, 0.4) is 0 Å². The minimum atomic E-state index is -1.04. The van der Waals surface area contributed by atoms with Crippen LogP contribution < -0.4 is 0 Å². The molecule has 0 amide bonds. The lowest BCUT2D eigenvalue weighted by atomic mass is 10.0. The van der Waals surface area contributed by atoms with Crippen LogP contribution in [0.1, 0.15) is 16.5 Å². The zero-order valence-electron chi connectivity index (χ0n) is 9.64. The van der Waals surface area contributed by atoms with E-state index in [-0.39, 0.29) is 17.0 Å². The average molecular weight is 305 g/mol. The molecule has 0 bridgehead atoms. The first-order chi connectivity index (χ1) is 8.99. The first-order valence-electron chi connectivity index (χ1n) is 5.51. The zero-order valence-corrected chi connectivity index (χ0v) is 11.2. The number of rotatable bonds is 3.